The minimum absolute atomic E-state index is 0.00596. The Bertz CT molecular complexity index is 1180. The van der Waals surface area contributed by atoms with Crippen LogP contribution in [0.25, 0.3) is 0 Å². The molecule has 8 nitrogen and oxygen atoms in total. The van der Waals surface area contributed by atoms with Crippen LogP contribution in [0.1, 0.15) is 21.5 Å². The Morgan fingerprint density at radius 2 is 1.53 bits per heavy atom. The molecule has 0 amide bonds. The van der Waals surface area contributed by atoms with Crippen LogP contribution in [0.15, 0.2) is 54.7 Å². The summed E-state index contributed by atoms with van der Waals surface area (Å²) in [6, 6.07) is 14.5. The van der Waals surface area contributed by atoms with Crippen molar-refractivity contribution in [2.24, 2.45) is 0 Å². The number of esters is 1. The zero-order valence-electron chi connectivity index (χ0n) is 16.7. The van der Waals surface area contributed by atoms with Crippen LogP contribution in [0.5, 0.6) is 0 Å². The van der Waals surface area contributed by atoms with E-state index >= 15 is 0 Å². The SMILES string of the molecule is COC(=O)c1cnc(N(C#N)c2cccc(C)c2)nc1N(C#N)c1cccc(C)c1. The third-order valence-electron chi connectivity index (χ3n) is 4.29. The van der Waals surface area contributed by atoms with Crippen LogP contribution in [0.3, 0.4) is 0 Å². The Morgan fingerprint density at radius 3 is 2.03 bits per heavy atom. The predicted octanol–water partition coefficient (Wildman–Crippen LogP) is 4.12. The van der Waals surface area contributed by atoms with Crippen molar-refractivity contribution in [2.75, 3.05) is 16.9 Å². The molecule has 1 heterocycles. The monoisotopic (exact) mass is 398 g/mol. The Morgan fingerprint density at radius 1 is 0.967 bits per heavy atom. The van der Waals surface area contributed by atoms with Crippen molar-refractivity contribution in [3.05, 3.63) is 71.4 Å². The molecule has 0 fully saturated rings. The standard InChI is InChI=1S/C22H18N6O2/c1-15-6-4-8-17(10-15)27(13-23)20-19(21(29)30-3)12-25-22(26-20)28(14-24)18-9-5-7-16(2)11-18/h4-12H,1-3H3. The molecular formula is C22H18N6O2. The van der Waals surface area contributed by atoms with Crippen molar-refractivity contribution in [1.29, 1.82) is 10.5 Å². The minimum Gasteiger partial charge on any atom is -0.465 e. The first-order valence-corrected chi connectivity index (χ1v) is 8.97. The zero-order chi connectivity index (χ0) is 21.7. The van der Waals surface area contributed by atoms with Gasteiger partial charge in [-0.15, -0.1) is 0 Å². The van der Waals surface area contributed by atoms with Crippen molar-refractivity contribution < 1.29 is 9.53 Å². The van der Waals surface area contributed by atoms with Gasteiger partial charge in [-0.05, 0) is 49.2 Å². The van der Waals surface area contributed by atoms with E-state index in [1.807, 2.05) is 50.5 Å². The van der Waals surface area contributed by atoms with E-state index in [1.54, 1.807) is 24.3 Å². The Labute approximate surface area is 174 Å². The van der Waals surface area contributed by atoms with E-state index in [0.29, 0.717) is 11.4 Å². The van der Waals surface area contributed by atoms with E-state index in [0.717, 1.165) is 11.1 Å². The molecule has 2 aromatic carbocycles. The Kier molecular flexibility index (Phi) is 5.90. The Balaban J connectivity index is 2.18. The largest absolute Gasteiger partial charge is 0.465 e. The molecule has 0 spiro atoms. The summed E-state index contributed by atoms with van der Waals surface area (Å²) in [7, 11) is 1.23. The summed E-state index contributed by atoms with van der Waals surface area (Å²) in [5, 5.41) is 19.5. The first kappa shape index (κ1) is 20.3. The third-order valence-corrected chi connectivity index (χ3v) is 4.29. The van der Waals surface area contributed by atoms with Gasteiger partial charge in [0.2, 0.25) is 5.95 Å². The predicted molar refractivity (Wildman–Crippen MR) is 111 cm³/mol. The number of hydrogen-bond acceptors (Lipinski definition) is 8. The molecule has 1 aromatic heterocycles. The van der Waals surface area contributed by atoms with Crippen LogP contribution in [0.4, 0.5) is 23.1 Å². The van der Waals surface area contributed by atoms with E-state index in [-0.39, 0.29) is 17.3 Å². The summed E-state index contributed by atoms with van der Waals surface area (Å²) in [6.07, 6.45) is 5.35. The molecule has 8 heteroatoms. The van der Waals surface area contributed by atoms with Gasteiger partial charge in [-0.25, -0.2) is 19.6 Å². The molecule has 0 saturated carbocycles. The minimum atomic E-state index is -0.691. The number of carbonyl (C=O) groups is 1. The number of aromatic nitrogens is 2. The van der Waals surface area contributed by atoms with Crippen molar-refractivity contribution in [3.8, 4) is 12.4 Å². The van der Waals surface area contributed by atoms with Gasteiger partial charge in [0.05, 0.1) is 18.5 Å². The molecule has 0 aliphatic rings. The van der Waals surface area contributed by atoms with Gasteiger partial charge in [-0.2, -0.15) is 15.5 Å². The maximum absolute atomic E-state index is 12.3. The molecule has 30 heavy (non-hydrogen) atoms. The summed E-state index contributed by atoms with van der Waals surface area (Å²) in [5.41, 5.74) is 2.98. The molecule has 0 aliphatic heterocycles. The number of hydrogen-bond donors (Lipinski definition) is 0. The average Bonchev–Trinajstić information content (AvgIpc) is 2.75. The second-order valence-corrected chi connectivity index (χ2v) is 6.45. The van der Waals surface area contributed by atoms with Gasteiger partial charge in [-0.3, -0.25) is 0 Å². The Hall–Kier alpha value is -4.43. The molecule has 0 unspecified atom stereocenters. The number of rotatable bonds is 5. The zero-order valence-corrected chi connectivity index (χ0v) is 16.7. The average molecular weight is 398 g/mol. The molecule has 148 valence electrons. The number of carbonyl (C=O) groups excluding carboxylic acids is 1. The van der Waals surface area contributed by atoms with E-state index in [9.17, 15) is 15.3 Å². The second kappa shape index (κ2) is 8.72. The lowest BCUT2D eigenvalue weighted by Gasteiger charge is -2.20. The van der Waals surface area contributed by atoms with Crippen molar-refractivity contribution in [1.82, 2.24) is 9.97 Å². The second-order valence-electron chi connectivity index (χ2n) is 6.45. The highest BCUT2D eigenvalue weighted by Crippen LogP contribution is 2.30. The van der Waals surface area contributed by atoms with Gasteiger partial charge >= 0.3 is 5.97 Å². The van der Waals surface area contributed by atoms with Crippen LogP contribution >= 0.6 is 0 Å². The first-order valence-electron chi connectivity index (χ1n) is 8.97. The molecule has 0 aliphatic carbocycles. The van der Waals surface area contributed by atoms with Crippen LogP contribution < -0.4 is 9.80 Å². The number of nitriles is 2. The van der Waals surface area contributed by atoms with E-state index in [2.05, 4.69) is 9.97 Å². The molecule has 3 aromatic rings. The lowest BCUT2D eigenvalue weighted by atomic mass is 10.2. The van der Waals surface area contributed by atoms with Gasteiger partial charge < -0.3 is 4.74 Å². The van der Waals surface area contributed by atoms with E-state index < -0.39 is 5.97 Å². The fraction of sp³-hybridized carbons (Fsp3) is 0.136. The lowest BCUT2D eigenvalue weighted by molar-refractivity contribution is 0.0601. The van der Waals surface area contributed by atoms with Crippen LogP contribution in [-0.4, -0.2) is 23.0 Å². The fourth-order valence-corrected chi connectivity index (χ4v) is 2.88. The number of aryl methyl sites for hydroxylation is 2. The van der Waals surface area contributed by atoms with E-state index in [1.165, 1.54) is 23.1 Å². The van der Waals surface area contributed by atoms with Crippen LogP contribution in [0, 0.1) is 36.8 Å². The lowest BCUT2D eigenvalue weighted by Crippen LogP contribution is -2.20. The van der Waals surface area contributed by atoms with Gasteiger partial charge in [0, 0.05) is 6.20 Å². The van der Waals surface area contributed by atoms with E-state index in [4.69, 9.17) is 4.74 Å². The first-order chi connectivity index (χ1) is 14.5. The van der Waals surface area contributed by atoms with Gasteiger partial charge in [0.1, 0.15) is 5.56 Å². The summed E-state index contributed by atoms with van der Waals surface area (Å²) in [4.78, 5) is 23.3. The van der Waals surface area contributed by atoms with Crippen molar-refractivity contribution in [2.45, 2.75) is 13.8 Å². The molecule has 0 bridgehead atoms. The normalized spacial score (nSPS) is 9.90. The molecular weight excluding hydrogens is 380 g/mol. The molecule has 0 saturated heterocycles. The highest BCUT2D eigenvalue weighted by molar-refractivity contribution is 5.96. The summed E-state index contributed by atoms with van der Waals surface area (Å²) < 4.78 is 4.82. The number of ether oxygens (including phenoxy) is 1. The highest BCUT2D eigenvalue weighted by Gasteiger charge is 2.24. The van der Waals surface area contributed by atoms with Crippen LogP contribution in [0.2, 0.25) is 0 Å². The summed E-state index contributed by atoms with van der Waals surface area (Å²) >= 11 is 0. The maximum Gasteiger partial charge on any atom is 0.343 e. The summed E-state index contributed by atoms with van der Waals surface area (Å²) in [5.74, 6) is -0.643. The quantitative estimate of drug-likeness (QED) is 0.359. The van der Waals surface area contributed by atoms with Crippen molar-refractivity contribution >= 4 is 29.1 Å². The molecule has 3 rings (SSSR count). The number of nitrogens with zero attached hydrogens (tertiary/aromatic N) is 6. The van der Waals surface area contributed by atoms with Gasteiger partial charge in [0.15, 0.2) is 18.2 Å². The van der Waals surface area contributed by atoms with Gasteiger partial charge in [0.25, 0.3) is 0 Å². The number of methoxy groups -OCH3 is 1. The third kappa shape index (κ3) is 4.03. The van der Waals surface area contributed by atoms with Gasteiger partial charge in [-0.1, -0.05) is 24.3 Å². The molecule has 0 radical (unpaired) electrons. The maximum atomic E-state index is 12.3. The van der Waals surface area contributed by atoms with Crippen LogP contribution in [-0.2, 0) is 4.74 Å². The molecule has 0 atom stereocenters. The fourth-order valence-electron chi connectivity index (χ4n) is 2.88. The smallest absolute Gasteiger partial charge is 0.343 e. The highest BCUT2D eigenvalue weighted by atomic mass is 16.5. The number of benzene rings is 2. The molecule has 0 N–H and O–H groups in total. The summed E-state index contributed by atoms with van der Waals surface area (Å²) in [6.45, 7) is 3.79. The number of anilines is 4. The topological polar surface area (TPSA) is 106 Å². The van der Waals surface area contributed by atoms with Crippen molar-refractivity contribution in [3.63, 3.8) is 0 Å².